The Labute approximate surface area is 374 Å². The van der Waals surface area contributed by atoms with Crippen molar-refractivity contribution in [3.63, 3.8) is 0 Å². The van der Waals surface area contributed by atoms with E-state index in [1.54, 1.807) is 0 Å². The summed E-state index contributed by atoms with van der Waals surface area (Å²) in [5, 5.41) is 0. The second kappa shape index (κ2) is 55.5. The molecule has 0 rings (SSSR count). The Kier molecular flexibility index (Phi) is 55.0. The topological polar surface area (TPSA) is 26.3 Å². The lowest BCUT2D eigenvalue weighted by atomic mass is 10.0. The molecule has 354 valence electrons. The molecule has 0 aliphatic carbocycles. The van der Waals surface area contributed by atoms with Gasteiger partial charge in [-0.25, -0.2) is 0 Å². The van der Waals surface area contributed by atoms with E-state index < -0.39 is 0 Å². The maximum absolute atomic E-state index is 12.1. The Morgan fingerprint density at radius 1 is 0.220 bits per heavy atom. The highest BCUT2D eigenvalue weighted by Crippen LogP contribution is 2.18. The van der Waals surface area contributed by atoms with Gasteiger partial charge in [-0.1, -0.05) is 335 Å². The van der Waals surface area contributed by atoms with Gasteiger partial charge in [0.15, 0.2) is 0 Å². The fourth-order valence-corrected chi connectivity index (χ4v) is 9.26. The molecule has 59 heavy (non-hydrogen) atoms. The number of ether oxygens (including phenoxy) is 1. The van der Waals surface area contributed by atoms with Gasteiger partial charge in [0, 0.05) is 6.42 Å². The van der Waals surface area contributed by atoms with Crippen LogP contribution in [0, 0.1) is 0 Å². The van der Waals surface area contributed by atoms with Crippen molar-refractivity contribution in [3.05, 3.63) is 0 Å². The third kappa shape index (κ3) is 55.5. The third-order valence-electron chi connectivity index (χ3n) is 13.5. The van der Waals surface area contributed by atoms with Crippen LogP contribution in [0.5, 0.6) is 0 Å². The van der Waals surface area contributed by atoms with Gasteiger partial charge >= 0.3 is 5.97 Å². The average Bonchev–Trinajstić information content (AvgIpc) is 3.24. The molecule has 0 fully saturated rings. The summed E-state index contributed by atoms with van der Waals surface area (Å²) in [5.74, 6) is 0.0360. The van der Waals surface area contributed by atoms with Crippen LogP contribution in [0.15, 0.2) is 0 Å². The molecule has 0 radical (unpaired) electrons. The molecule has 0 amide bonds. The molecule has 0 unspecified atom stereocenters. The van der Waals surface area contributed by atoms with Crippen LogP contribution in [0.2, 0.25) is 0 Å². The van der Waals surface area contributed by atoms with Crippen molar-refractivity contribution in [2.75, 3.05) is 6.61 Å². The van der Waals surface area contributed by atoms with Gasteiger partial charge in [0.05, 0.1) is 6.61 Å². The molecule has 0 saturated carbocycles. The molecule has 2 heteroatoms. The second-order valence-corrected chi connectivity index (χ2v) is 19.6. The van der Waals surface area contributed by atoms with Gasteiger partial charge in [-0.3, -0.25) is 4.79 Å². The Balaban J connectivity index is 3.14. The number of carbonyl (C=O) groups excluding carboxylic acids is 1. The fourth-order valence-electron chi connectivity index (χ4n) is 9.26. The standard InChI is InChI=1S/C57H114O2/c1-3-5-7-9-11-13-15-17-19-21-23-25-27-29-30-32-34-36-38-40-42-44-46-48-50-52-54-56-59-57(58)55-53-51-49-47-45-43-41-39-37-35-33-31-28-26-24-22-20-18-16-14-12-10-8-6-4-2/h3-56H2,1-2H3. The van der Waals surface area contributed by atoms with Crippen molar-refractivity contribution in [3.8, 4) is 0 Å². The molecule has 0 aliphatic rings. The minimum atomic E-state index is 0.0360. The third-order valence-corrected chi connectivity index (χ3v) is 13.5. The zero-order valence-corrected chi connectivity index (χ0v) is 41.5. The van der Waals surface area contributed by atoms with Gasteiger partial charge in [0.1, 0.15) is 0 Å². The Hall–Kier alpha value is -0.530. The van der Waals surface area contributed by atoms with E-state index in [0.29, 0.717) is 13.0 Å². The predicted molar refractivity (Wildman–Crippen MR) is 267 cm³/mol. The van der Waals surface area contributed by atoms with Crippen LogP contribution in [0.3, 0.4) is 0 Å². The summed E-state index contributed by atoms with van der Waals surface area (Å²) >= 11 is 0. The van der Waals surface area contributed by atoms with Crippen LogP contribution in [-0.4, -0.2) is 12.6 Å². The maximum Gasteiger partial charge on any atom is 0.305 e. The first-order chi connectivity index (χ1) is 29.3. The average molecular weight is 832 g/mol. The van der Waals surface area contributed by atoms with Gasteiger partial charge in [-0.05, 0) is 12.8 Å². The number of carbonyl (C=O) groups is 1. The van der Waals surface area contributed by atoms with Gasteiger partial charge in [-0.15, -0.1) is 0 Å². The molecule has 0 bridgehead atoms. The predicted octanol–water partition coefficient (Wildman–Crippen LogP) is 21.2. The SMILES string of the molecule is CCCCCCCCCCCCCCCCCCCCCCCCCCCCCOC(=O)CCCCCCCCCCCCCCCCCCCCCCCCCCC. The van der Waals surface area contributed by atoms with E-state index in [1.807, 2.05) is 0 Å². The van der Waals surface area contributed by atoms with Gasteiger partial charge in [-0.2, -0.15) is 0 Å². The van der Waals surface area contributed by atoms with Crippen molar-refractivity contribution in [1.29, 1.82) is 0 Å². The minimum absolute atomic E-state index is 0.0360. The maximum atomic E-state index is 12.1. The minimum Gasteiger partial charge on any atom is -0.466 e. The smallest absolute Gasteiger partial charge is 0.305 e. The van der Waals surface area contributed by atoms with E-state index >= 15 is 0 Å². The van der Waals surface area contributed by atoms with Crippen LogP contribution in [-0.2, 0) is 9.53 Å². The monoisotopic (exact) mass is 831 g/mol. The van der Waals surface area contributed by atoms with Crippen molar-refractivity contribution in [2.45, 2.75) is 354 Å². The summed E-state index contributed by atoms with van der Waals surface area (Å²) in [4.78, 5) is 12.1. The van der Waals surface area contributed by atoms with Crippen LogP contribution < -0.4 is 0 Å². The molecule has 0 spiro atoms. The van der Waals surface area contributed by atoms with E-state index in [1.165, 1.54) is 321 Å². The van der Waals surface area contributed by atoms with Gasteiger partial charge in [0.25, 0.3) is 0 Å². The highest BCUT2D eigenvalue weighted by Gasteiger charge is 2.03. The van der Waals surface area contributed by atoms with Crippen molar-refractivity contribution < 1.29 is 9.53 Å². The molecule has 0 aliphatic heterocycles. The molecule has 0 saturated heterocycles. The first kappa shape index (κ1) is 58.5. The van der Waals surface area contributed by atoms with E-state index in [9.17, 15) is 4.79 Å². The highest BCUT2D eigenvalue weighted by molar-refractivity contribution is 5.69. The lowest BCUT2D eigenvalue weighted by molar-refractivity contribution is -0.143. The summed E-state index contributed by atoms with van der Waals surface area (Å²) < 4.78 is 5.51. The molecule has 0 atom stereocenters. The summed E-state index contributed by atoms with van der Waals surface area (Å²) in [6.45, 7) is 5.25. The number of hydrogen-bond donors (Lipinski definition) is 0. The number of rotatable bonds is 54. The lowest BCUT2D eigenvalue weighted by Gasteiger charge is -2.06. The van der Waals surface area contributed by atoms with E-state index in [0.717, 1.165) is 12.8 Å². The summed E-state index contributed by atoms with van der Waals surface area (Å²) in [7, 11) is 0. The van der Waals surface area contributed by atoms with Crippen molar-refractivity contribution in [1.82, 2.24) is 0 Å². The largest absolute Gasteiger partial charge is 0.466 e. The van der Waals surface area contributed by atoms with Crippen molar-refractivity contribution >= 4 is 5.97 Å². The van der Waals surface area contributed by atoms with E-state index in [2.05, 4.69) is 13.8 Å². The molecular formula is C57H114O2. The summed E-state index contributed by atoms with van der Waals surface area (Å²) in [5.41, 5.74) is 0. The molecule has 0 heterocycles. The Morgan fingerprint density at radius 2 is 0.373 bits per heavy atom. The van der Waals surface area contributed by atoms with E-state index in [4.69, 9.17) is 4.74 Å². The molecule has 2 nitrogen and oxygen atoms in total. The zero-order chi connectivity index (χ0) is 42.5. The number of esters is 1. The van der Waals surface area contributed by atoms with Gasteiger partial charge in [0.2, 0.25) is 0 Å². The number of hydrogen-bond acceptors (Lipinski definition) is 2. The van der Waals surface area contributed by atoms with Gasteiger partial charge < -0.3 is 4.74 Å². The van der Waals surface area contributed by atoms with Crippen LogP contribution in [0.1, 0.15) is 354 Å². The van der Waals surface area contributed by atoms with Crippen molar-refractivity contribution in [2.24, 2.45) is 0 Å². The van der Waals surface area contributed by atoms with Crippen LogP contribution in [0.25, 0.3) is 0 Å². The quantitative estimate of drug-likeness (QED) is 0.0451. The van der Waals surface area contributed by atoms with Crippen LogP contribution in [0.4, 0.5) is 0 Å². The first-order valence-corrected chi connectivity index (χ1v) is 28.5. The zero-order valence-electron chi connectivity index (χ0n) is 41.5. The molecule has 0 aromatic heterocycles. The molecular weight excluding hydrogens is 717 g/mol. The van der Waals surface area contributed by atoms with E-state index in [-0.39, 0.29) is 5.97 Å². The Morgan fingerprint density at radius 3 is 0.559 bits per heavy atom. The number of unbranched alkanes of at least 4 members (excludes halogenated alkanes) is 50. The normalized spacial score (nSPS) is 11.6. The molecule has 0 N–H and O–H groups in total. The fraction of sp³-hybridized carbons (Fsp3) is 0.982. The Bertz CT molecular complexity index is 732. The lowest BCUT2D eigenvalue weighted by Crippen LogP contribution is -2.05. The first-order valence-electron chi connectivity index (χ1n) is 28.5. The van der Waals surface area contributed by atoms with Crippen LogP contribution >= 0.6 is 0 Å². The molecule has 0 aromatic rings. The highest BCUT2D eigenvalue weighted by atomic mass is 16.5. The second-order valence-electron chi connectivity index (χ2n) is 19.6. The molecule has 0 aromatic carbocycles. The summed E-state index contributed by atoms with van der Waals surface area (Å²) in [6.07, 6.45) is 74.3. The summed E-state index contributed by atoms with van der Waals surface area (Å²) in [6, 6.07) is 0.